The molecule has 0 N–H and O–H groups in total. The van der Waals surface area contributed by atoms with Crippen molar-refractivity contribution in [1.29, 1.82) is 0 Å². The molecule has 3 heterocycles. The first kappa shape index (κ1) is 20.9. The summed E-state index contributed by atoms with van der Waals surface area (Å²) in [4.78, 5) is 13.9. The first-order valence-electron chi connectivity index (χ1n) is 9.55. The number of carbonyl (C=O) groups excluding carboxylic acids is 1. The van der Waals surface area contributed by atoms with Gasteiger partial charge in [-0.2, -0.15) is 5.10 Å². The first-order chi connectivity index (χ1) is 12.8. The molecule has 3 rings (SSSR count). The zero-order chi connectivity index (χ0) is 20.9. The van der Waals surface area contributed by atoms with E-state index in [1.54, 1.807) is 15.6 Å². The maximum atomic E-state index is 14.7. The number of hydrogen-bond acceptors (Lipinski definition) is 5. The molecule has 9 heteroatoms. The predicted octanol–water partition coefficient (Wildman–Crippen LogP) is 3.58. The molecule has 1 amide bonds. The average Bonchev–Trinajstić information content (AvgIpc) is 3.02. The molecule has 2 aliphatic rings. The number of amides is 1. The molecule has 1 aromatic rings. The Balaban J connectivity index is 1.71. The van der Waals surface area contributed by atoms with Crippen molar-refractivity contribution in [2.24, 2.45) is 0 Å². The van der Waals surface area contributed by atoms with Crippen LogP contribution < -0.4 is 0 Å². The Hall–Kier alpha value is -1.87. The van der Waals surface area contributed by atoms with Crippen molar-refractivity contribution in [3.8, 4) is 0 Å². The van der Waals surface area contributed by atoms with Crippen LogP contribution in [0, 0.1) is 0 Å². The summed E-state index contributed by atoms with van der Waals surface area (Å²) >= 11 is 0. The van der Waals surface area contributed by atoms with Crippen LogP contribution in [0.3, 0.4) is 0 Å². The van der Waals surface area contributed by atoms with E-state index in [4.69, 9.17) is 14.0 Å². The van der Waals surface area contributed by atoms with Gasteiger partial charge in [0, 0.05) is 6.54 Å². The second kappa shape index (κ2) is 6.88. The van der Waals surface area contributed by atoms with E-state index in [-0.39, 0.29) is 6.09 Å². The van der Waals surface area contributed by atoms with Crippen LogP contribution >= 0.6 is 0 Å². The van der Waals surface area contributed by atoms with Crippen molar-refractivity contribution in [2.75, 3.05) is 6.54 Å². The molecule has 0 bridgehead atoms. The Morgan fingerprint density at radius 1 is 1.25 bits per heavy atom. The molecular weight excluding hydrogens is 364 g/mol. The fourth-order valence-electron chi connectivity index (χ4n) is 3.01. The normalized spacial score (nSPS) is 21.6. The lowest BCUT2D eigenvalue weighted by Crippen LogP contribution is -2.41. The summed E-state index contributed by atoms with van der Waals surface area (Å²) in [7, 11) is -1.05. The molecule has 0 spiro atoms. The van der Waals surface area contributed by atoms with Gasteiger partial charge in [0.15, 0.2) is 0 Å². The van der Waals surface area contributed by atoms with Crippen molar-refractivity contribution in [3.05, 3.63) is 23.2 Å². The number of rotatable bonds is 2. The molecule has 0 unspecified atom stereocenters. The molecule has 1 aromatic heterocycles. The summed E-state index contributed by atoms with van der Waals surface area (Å²) in [5, 5.41) is 4.41. The Morgan fingerprint density at radius 3 is 2.43 bits per heavy atom. The largest absolute Gasteiger partial charge is 0.525 e. The monoisotopic (exact) mass is 393 g/mol. The molecule has 7 nitrogen and oxygen atoms in total. The fourth-order valence-corrected chi connectivity index (χ4v) is 3.01. The van der Waals surface area contributed by atoms with E-state index >= 15 is 0 Å². The van der Waals surface area contributed by atoms with Gasteiger partial charge in [0.1, 0.15) is 11.3 Å². The second-order valence-corrected chi connectivity index (χ2v) is 9.30. The van der Waals surface area contributed by atoms with Crippen LogP contribution in [-0.2, 0) is 27.1 Å². The lowest BCUT2D eigenvalue weighted by molar-refractivity contribution is 0.00578. The minimum absolute atomic E-state index is 0.361. The summed E-state index contributed by atoms with van der Waals surface area (Å²) in [6, 6.07) is 1.77. The molecule has 0 aromatic carbocycles. The lowest BCUT2D eigenvalue weighted by atomic mass is 9.87. The highest BCUT2D eigenvalue weighted by atomic mass is 19.1. The summed E-state index contributed by atoms with van der Waals surface area (Å²) < 4.78 is 33.4. The van der Waals surface area contributed by atoms with Crippen LogP contribution in [-0.4, -0.2) is 51.2 Å². The molecular formula is C19H29BFN3O4. The van der Waals surface area contributed by atoms with Gasteiger partial charge in [0.2, 0.25) is 0 Å². The number of ether oxygens (including phenoxy) is 1. The van der Waals surface area contributed by atoms with E-state index in [1.807, 2.05) is 48.5 Å². The van der Waals surface area contributed by atoms with E-state index in [0.29, 0.717) is 25.3 Å². The minimum Gasteiger partial charge on any atom is -0.444 e. The summed E-state index contributed by atoms with van der Waals surface area (Å²) in [6.07, 6.45) is 0.964. The van der Waals surface area contributed by atoms with Gasteiger partial charge in [-0.15, -0.1) is 0 Å². The maximum Gasteiger partial charge on any atom is 0.525 e. The number of aromatic nitrogens is 2. The molecule has 0 atom stereocenters. The Bertz CT molecular complexity index is 782. The lowest BCUT2D eigenvalue weighted by Gasteiger charge is -2.32. The van der Waals surface area contributed by atoms with Crippen molar-refractivity contribution in [1.82, 2.24) is 14.7 Å². The van der Waals surface area contributed by atoms with Gasteiger partial charge in [-0.3, -0.25) is 4.68 Å². The molecule has 28 heavy (non-hydrogen) atoms. The predicted molar refractivity (Wildman–Crippen MR) is 104 cm³/mol. The van der Waals surface area contributed by atoms with Gasteiger partial charge in [0.05, 0.1) is 35.7 Å². The van der Waals surface area contributed by atoms with Gasteiger partial charge in [-0.05, 0) is 60.6 Å². The number of nitrogens with zero attached hydrogens (tertiary/aromatic N) is 3. The van der Waals surface area contributed by atoms with Gasteiger partial charge in [-0.1, -0.05) is 0 Å². The third-order valence-corrected chi connectivity index (χ3v) is 5.23. The molecule has 0 aliphatic carbocycles. The number of fused-ring (bicyclic) bond motifs is 1. The Kier molecular flexibility index (Phi) is 5.12. The van der Waals surface area contributed by atoms with Gasteiger partial charge < -0.3 is 18.9 Å². The van der Waals surface area contributed by atoms with E-state index in [9.17, 15) is 9.18 Å². The standard InChI is InChI=1S/C19H29BFN3O4/c1-17(2,3)26-16(25)23-8-9-24-14(12-23)10-13(22-24)11-15(21)20-27-18(4,5)19(6,7)28-20/h10-11H,8-9,12H2,1-7H3. The number of hydrogen-bond donors (Lipinski definition) is 0. The van der Waals surface area contributed by atoms with Crippen LogP contribution in [0.1, 0.15) is 59.9 Å². The highest BCUT2D eigenvalue weighted by Crippen LogP contribution is 2.39. The van der Waals surface area contributed by atoms with E-state index in [0.717, 1.165) is 5.69 Å². The molecule has 1 fully saturated rings. The maximum absolute atomic E-state index is 14.7. The summed E-state index contributed by atoms with van der Waals surface area (Å²) in [5.41, 5.74) is -1.00. The smallest absolute Gasteiger partial charge is 0.444 e. The van der Waals surface area contributed by atoms with Crippen molar-refractivity contribution < 1.29 is 23.2 Å². The van der Waals surface area contributed by atoms with Crippen molar-refractivity contribution in [3.63, 3.8) is 0 Å². The molecule has 0 saturated carbocycles. The van der Waals surface area contributed by atoms with Gasteiger partial charge in [-0.25, -0.2) is 9.18 Å². The average molecular weight is 393 g/mol. The van der Waals surface area contributed by atoms with Gasteiger partial charge in [0.25, 0.3) is 0 Å². The Labute approximate surface area is 165 Å². The van der Waals surface area contributed by atoms with Crippen LogP contribution in [0.15, 0.2) is 11.8 Å². The molecule has 0 radical (unpaired) electrons. The van der Waals surface area contributed by atoms with Crippen LogP contribution in [0.4, 0.5) is 9.18 Å². The van der Waals surface area contributed by atoms with Crippen molar-refractivity contribution in [2.45, 2.75) is 78.4 Å². The van der Waals surface area contributed by atoms with Gasteiger partial charge >= 0.3 is 13.2 Å². The highest BCUT2D eigenvalue weighted by Gasteiger charge is 2.53. The third kappa shape index (κ3) is 4.25. The highest BCUT2D eigenvalue weighted by molar-refractivity contribution is 6.54. The fraction of sp³-hybridized carbons (Fsp3) is 0.684. The van der Waals surface area contributed by atoms with Crippen LogP contribution in [0.2, 0.25) is 0 Å². The zero-order valence-corrected chi connectivity index (χ0v) is 17.7. The molecule has 154 valence electrons. The second-order valence-electron chi connectivity index (χ2n) is 9.30. The zero-order valence-electron chi connectivity index (χ0n) is 17.7. The Morgan fingerprint density at radius 2 is 1.86 bits per heavy atom. The topological polar surface area (TPSA) is 65.8 Å². The van der Waals surface area contributed by atoms with E-state index in [2.05, 4.69) is 5.10 Å². The van der Waals surface area contributed by atoms with E-state index < -0.39 is 29.6 Å². The molecule has 1 saturated heterocycles. The van der Waals surface area contributed by atoms with Crippen LogP contribution in [0.5, 0.6) is 0 Å². The van der Waals surface area contributed by atoms with E-state index in [1.165, 1.54) is 6.08 Å². The molecule has 2 aliphatic heterocycles. The van der Waals surface area contributed by atoms with Crippen molar-refractivity contribution >= 4 is 19.3 Å². The quantitative estimate of drug-likeness (QED) is 0.719. The third-order valence-electron chi connectivity index (χ3n) is 5.23. The summed E-state index contributed by atoms with van der Waals surface area (Å²) in [6.45, 7) is 14.4. The first-order valence-corrected chi connectivity index (χ1v) is 9.55. The minimum atomic E-state index is -1.05. The summed E-state index contributed by atoms with van der Waals surface area (Å²) in [5.74, 6) is 0. The number of halogens is 1. The number of carbonyl (C=O) groups is 1. The van der Waals surface area contributed by atoms with Crippen LogP contribution in [0.25, 0.3) is 6.08 Å². The SMILES string of the molecule is CC(C)(C)OC(=O)N1CCn2nc(C=C(F)B3OC(C)(C)C(C)(C)O3)cc2C1.